The van der Waals surface area contributed by atoms with Gasteiger partial charge in [0, 0.05) is 5.56 Å². The molecule has 0 bridgehead atoms. The van der Waals surface area contributed by atoms with Gasteiger partial charge in [0.05, 0.1) is 13.0 Å². The lowest BCUT2D eigenvalue weighted by atomic mass is 9.99. The Bertz CT molecular complexity index is 627. The van der Waals surface area contributed by atoms with E-state index in [0.29, 0.717) is 5.56 Å². The molecule has 1 heterocycles. The maximum absolute atomic E-state index is 13.4. The van der Waals surface area contributed by atoms with Crippen LogP contribution in [0.4, 0.5) is 8.78 Å². The molecule has 1 unspecified atom stereocenters. The highest BCUT2D eigenvalue weighted by Crippen LogP contribution is 2.22. The number of hydrogen-bond donors (Lipinski definition) is 2. The Morgan fingerprint density at radius 3 is 2.81 bits per heavy atom. The molecule has 1 aromatic carbocycles. The molecule has 0 saturated heterocycles. The topological polar surface area (TPSA) is 49.3 Å². The molecular weight excluding hydrogens is 296 g/mol. The fourth-order valence-corrected chi connectivity index (χ4v) is 2.64. The summed E-state index contributed by atoms with van der Waals surface area (Å²) in [6.45, 7) is 1.58. The van der Waals surface area contributed by atoms with Gasteiger partial charge < -0.3 is 10.4 Å². The van der Waals surface area contributed by atoms with E-state index in [1.54, 1.807) is 18.4 Å². The van der Waals surface area contributed by atoms with Gasteiger partial charge in [-0.05, 0) is 47.5 Å². The van der Waals surface area contributed by atoms with E-state index in [-0.39, 0.29) is 18.5 Å². The molecule has 0 aliphatic carbocycles. The molecule has 1 atom stereocenters. The molecule has 0 saturated carbocycles. The molecule has 112 valence electrons. The SMILES string of the molecule is CC(O)(CNC(=O)Cc1cc(F)ccc1F)c1ccsc1. The third-order valence-electron chi connectivity index (χ3n) is 3.13. The van der Waals surface area contributed by atoms with Gasteiger partial charge in [-0.2, -0.15) is 11.3 Å². The number of carbonyl (C=O) groups excluding carboxylic acids is 1. The minimum atomic E-state index is -1.20. The van der Waals surface area contributed by atoms with Crippen LogP contribution < -0.4 is 5.32 Å². The van der Waals surface area contributed by atoms with Crippen LogP contribution in [0.3, 0.4) is 0 Å². The van der Waals surface area contributed by atoms with Crippen molar-refractivity contribution in [2.24, 2.45) is 0 Å². The van der Waals surface area contributed by atoms with Crippen LogP contribution in [-0.4, -0.2) is 17.6 Å². The summed E-state index contributed by atoms with van der Waals surface area (Å²) in [4.78, 5) is 11.8. The van der Waals surface area contributed by atoms with Crippen LogP contribution in [-0.2, 0) is 16.8 Å². The second-order valence-electron chi connectivity index (χ2n) is 4.98. The van der Waals surface area contributed by atoms with E-state index in [1.807, 2.05) is 5.38 Å². The molecule has 6 heteroatoms. The van der Waals surface area contributed by atoms with Crippen LogP contribution in [0.2, 0.25) is 0 Å². The molecule has 0 fully saturated rings. The lowest BCUT2D eigenvalue weighted by Gasteiger charge is -2.22. The van der Waals surface area contributed by atoms with Crippen LogP contribution in [0.25, 0.3) is 0 Å². The number of carbonyl (C=O) groups is 1. The number of halogens is 2. The molecule has 2 rings (SSSR count). The maximum Gasteiger partial charge on any atom is 0.224 e. The van der Waals surface area contributed by atoms with Crippen LogP contribution in [0.5, 0.6) is 0 Å². The third-order valence-corrected chi connectivity index (χ3v) is 3.81. The minimum Gasteiger partial charge on any atom is -0.384 e. The highest BCUT2D eigenvalue weighted by molar-refractivity contribution is 7.08. The summed E-state index contributed by atoms with van der Waals surface area (Å²) < 4.78 is 26.5. The van der Waals surface area contributed by atoms with Gasteiger partial charge in [0.2, 0.25) is 5.91 Å². The molecule has 0 radical (unpaired) electrons. The average molecular weight is 311 g/mol. The number of rotatable bonds is 5. The Kier molecular flexibility index (Phi) is 4.69. The number of amides is 1. The highest BCUT2D eigenvalue weighted by Gasteiger charge is 2.24. The molecule has 2 aromatic rings. The van der Waals surface area contributed by atoms with Crippen molar-refractivity contribution in [1.82, 2.24) is 5.32 Å². The molecule has 1 amide bonds. The largest absolute Gasteiger partial charge is 0.384 e. The number of aliphatic hydroxyl groups is 1. The second-order valence-corrected chi connectivity index (χ2v) is 5.76. The molecule has 0 aliphatic rings. The first kappa shape index (κ1) is 15.6. The molecule has 0 aliphatic heterocycles. The van der Waals surface area contributed by atoms with E-state index in [0.717, 1.165) is 18.2 Å². The van der Waals surface area contributed by atoms with E-state index in [4.69, 9.17) is 0 Å². The monoisotopic (exact) mass is 311 g/mol. The molecule has 21 heavy (non-hydrogen) atoms. The predicted octanol–water partition coefficient (Wildman–Crippen LogP) is 2.59. The third kappa shape index (κ3) is 4.09. The Hall–Kier alpha value is -1.79. The van der Waals surface area contributed by atoms with Crippen molar-refractivity contribution in [2.75, 3.05) is 6.54 Å². The van der Waals surface area contributed by atoms with Gasteiger partial charge in [0.15, 0.2) is 0 Å². The van der Waals surface area contributed by atoms with Gasteiger partial charge in [0.25, 0.3) is 0 Å². The number of nitrogens with one attached hydrogen (secondary N) is 1. The summed E-state index contributed by atoms with van der Waals surface area (Å²) in [6.07, 6.45) is -0.274. The first-order valence-electron chi connectivity index (χ1n) is 6.34. The number of thiophene rings is 1. The second kappa shape index (κ2) is 6.32. The zero-order valence-electron chi connectivity index (χ0n) is 11.4. The highest BCUT2D eigenvalue weighted by atomic mass is 32.1. The molecule has 3 nitrogen and oxygen atoms in total. The van der Waals surface area contributed by atoms with Gasteiger partial charge in [-0.25, -0.2) is 8.78 Å². The van der Waals surface area contributed by atoms with E-state index in [9.17, 15) is 18.7 Å². The van der Waals surface area contributed by atoms with Gasteiger partial charge >= 0.3 is 0 Å². The van der Waals surface area contributed by atoms with Gasteiger partial charge in [-0.15, -0.1) is 0 Å². The van der Waals surface area contributed by atoms with Crippen LogP contribution in [0.15, 0.2) is 35.0 Å². The number of hydrogen-bond acceptors (Lipinski definition) is 3. The molecule has 1 aromatic heterocycles. The Morgan fingerprint density at radius 2 is 2.14 bits per heavy atom. The fourth-order valence-electron chi connectivity index (χ4n) is 1.86. The first-order chi connectivity index (χ1) is 9.88. The van der Waals surface area contributed by atoms with Crippen molar-refractivity contribution >= 4 is 17.2 Å². The van der Waals surface area contributed by atoms with Crippen LogP contribution in [0, 0.1) is 11.6 Å². The molecule has 0 spiro atoms. The maximum atomic E-state index is 13.4. The molecular formula is C15H15F2NO2S. The summed E-state index contributed by atoms with van der Waals surface area (Å²) in [5.41, 5.74) is -0.511. The Balaban J connectivity index is 1.95. The summed E-state index contributed by atoms with van der Waals surface area (Å²) in [7, 11) is 0. The zero-order valence-corrected chi connectivity index (χ0v) is 12.2. The van der Waals surface area contributed by atoms with Crippen molar-refractivity contribution in [3.63, 3.8) is 0 Å². The lowest BCUT2D eigenvalue weighted by molar-refractivity contribution is -0.121. The van der Waals surface area contributed by atoms with Gasteiger partial charge in [-0.1, -0.05) is 0 Å². The van der Waals surface area contributed by atoms with Crippen molar-refractivity contribution < 1.29 is 18.7 Å². The normalized spacial score (nSPS) is 13.7. The zero-order chi connectivity index (χ0) is 15.5. The fraction of sp³-hybridized carbons (Fsp3) is 0.267. The smallest absolute Gasteiger partial charge is 0.224 e. The van der Waals surface area contributed by atoms with E-state index < -0.39 is 23.1 Å². The lowest BCUT2D eigenvalue weighted by Crippen LogP contribution is -2.39. The van der Waals surface area contributed by atoms with Crippen LogP contribution >= 0.6 is 11.3 Å². The van der Waals surface area contributed by atoms with E-state index in [1.165, 1.54) is 11.3 Å². The molecule has 2 N–H and O–H groups in total. The predicted molar refractivity (Wildman–Crippen MR) is 77.0 cm³/mol. The van der Waals surface area contributed by atoms with E-state index >= 15 is 0 Å². The summed E-state index contributed by atoms with van der Waals surface area (Å²) >= 11 is 1.44. The van der Waals surface area contributed by atoms with Crippen LogP contribution in [0.1, 0.15) is 18.1 Å². The van der Waals surface area contributed by atoms with Gasteiger partial charge in [-0.3, -0.25) is 4.79 Å². The van der Waals surface area contributed by atoms with Crippen molar-refractivity contribution in [3.8, 4) is 0 Å². The average Bonchev–Trinajstić information content (AvgIpc) is 2.96. The Labute approximate surface area is 125 Å². The minimum absolute atomic E-state index is 0.000495. The first-order valence-corrected chi connectivity index (χ1v) is 7.28. The van der Waals surface area contributed by atoms with E-state index in [2.05, 4.69) is 5.32 Å². The standard InChI is InChI=1S/C15H15F2NO2S/c1-15(20,11-4-5-21-8-11)9-18-14(19)7-10-6-12(16)2-3-13(10)17/h2-6,8,20H,7,9H2,1H3,(H,18,19). The summed E-state index contributed by atoms with van der Waals surface area (Å²) in [5.74, 6) is -1.70. The quantitative estimate of drug-likeness (QED) is 0.892. The summed E-state index contributed by atoms with van der Waals surface area (Å²) in [6, 6.07) is 4.74. The van der Waals surface area contributed by atoms with Crippen molar-refractivity contribution in [3.05, 3.63) is 57.8 Å². The van der Waals surface area contributed by atoms with Crippen molar-refractivity contribution in [1.29, 1.82) is 0 Å². The number of benzene rings is 1. The summed E-state index contributed by atoms with van der Waals surface area (Å²) in [5, 5.41) is 16.4. The van der Waals surface area contributed by atoms with Gasteiger partial charge in [0.1, 0.15) is 17.2 Å². The van der Waals surface area contributed by atoms with Crippen molar-refractivity contribution in [2.45, 2.75) is 18.9 Å². The Morgan fingerprint density at radius 1 is 1.38 bits per heavy atom.